The predicted octanol–water partition coefficient (Wildman–Crippen LogP) is 2.74. The number of benzene rings is 1. The third-order valence-electron chi connectivity index (χ3n) is 3.05. The molecule has 0 aliphatic carbocycles. The van der Waals surface area contributed by atoms with Gasteiger partial charge in [-0.2, -0.15) is 5.10 Å². The average Bonchev–Trinajstić information content (AvgIpc) is 2.93. The van der Waals surface area contributed by atoms with Gasteiger partial charge in [0.15, 0.2) is 0 Å². The van der Waals surface area contributed by atoms with Crippen molar-refractivity contribution >= 4 is 17.3 Å². The number of aromatic nitrogens is 2. The SMILES string of the molecule is O=[N+]([O-])c1cnn2c1/C(=C/c1ccccc1)CC2. The predicted molar refractivity (Wildman–Crippen MR) is 67.8 cm³/mol. The molecular weight excluding hydrogens is 230 g/mol. The molecule has 0 radical (unpaired) electrons. The van der Waals surface area contributed by atoms with Crippen LogP contribution in [0, 0.1) is 10.1 Å². The summed E-state index contributed by atoms with van der Waals surface area (Å²) in [4.78, 5) is 10.6. The van der Waals surface area contributed by atoms with Crippen molar-refractivity contribution in [2.75, 3.05) is 0 Å². The zero-order chi connectivity index (χ0) is 12.5. The first-order valence-corrected chi connectivity index (χ1v) is 5.72. The zero-order valence-electron chi connectivity index (χ0n) is 9.61. The van der Waals surface area contributed by atoms with E-state index >= 15 is 0 Å². The van der Waals surface area contributed by atoms with Gasteiger partial charge in [0.2, 0.25) is 0 Å². The molecule has 90 valence electrons. The van der Waals surface area contributed by atoms with Crippen LogP contribution in [0.4, 0.5) is 5.69 Å². The van der Waals surface area contributed by atoms with Gasteiger partial charge in [0.1, 0.15) is 11.9 Å². The summed E-state index contributed by atoms with van der Waals surface area (Å²) in [7, 11) is 0. The Bertz CT molecular complexity index is 629. The maximum atomic E-state index is 10.9. The molecule has 0 bridgehead atoms. The molecule has 3 rings (SSSR count). The Morgan fingerprint density at radius 3 is 2.83 bits per heavy atom. The number of nitro groups is 1. The van der Waals surface area contributed by atoms with Crippen LogP contribution in [0.1, 0.15) is 17.7 Å². The smallest absolute Gasteiger partial charge is 0.258 e. The molecule has 5 heteroatoms. The largest absolute Gasteiger partial charge is 0.314 e. The van der Waals surface area contributed by atoms with Gasteiger partial charge < -0.3 is 0 Å². The van der Waals surface area contributed by atoms with Crippen LogP contribution in [0.15, 0.2) is 36.5 Å². The first kappa shape index (κ1) is 10.7. The van der Waals surface area contributed by atoms with Crippen molar-refractivity contribution < 1.29 is 4.92 Å². The molecule has 0 unspecified atom stereocenters. The molecular formula is C13H11N3O2. The van der Waals surface area contributed by atoms with E-state index in [0.717, 1.165) is 17.6 Å². The van der Waals surface area contributed by atoms with Gasteiger partial charge >= 0.3 is 5.69 Å². The zero-order valence-corrected chi connectivity index (χ0v) is 9.61. The summed E-state index contributed by atoms with van der Waals surface area (Å²) in [5.41, 5.74) is 2.76. The molecule has 1 aromatic heterocycles. The van der Waals surface area contributed by atoms with Crippen LogP contribution in [0.5, 0.6) is 0 Å². The van der Waals surface area contributed by atoms with Crippen molar-refractivity contribution in [3.05, 3.63) is 57.9 Å². The van der Waals surface area contributed by atoms with Crippen LogP contribution >= 0.6 is 0 Å². The number of nitrogens with zero attached hydrogens (tertiary/aromatic N) is 3. The Morgan fingerprint density at radius 1 is 1.33 bits per heavy atom. The number of rotatable bonds is 2. The van der Waals surface area contributed by atoms with Crippen molar-refractivity contribution in [3.8, 4) is 0 Å². The maximum absolute atomic E-state index is 10.9. The molecule has 0 amide bonds. The molecule has 0 saturated carbocycles. The van der Waals surface area contributed by atoms with Gasteiger partial charge in [-0.15, -0.1) is 0 Å². The molecule has 2 aromatic rings. The standard InChI is InChI=1S/C13H11N3O2/c17-16(18)12-9-14-15-7-6-11(13(12)15)8-10-4-2-1-3-5-10/h1-5,8-9H,6-7H2/b11-8+. The monoisotopic (exact) mass is 241 g/mol. The Balaban J connectivity index is 2.07. The van der Waals surface area contributed by atoms with Gasteiger partial charge in [0.25, 0.3) is 0 Å². The number of aryl methyl sites for hydroxylation is 1. The van der Waals surface area contributed by atoms with E-state index in [0.29, 0.717) is 12.2 Å². The van der Waals surface area contributed by atoms with Crippen LogP contribution in [0.2, 0.25) is 0 Å². The Hall–Kier alpha value is -2.43. The van der Waals surface area contributed by atoms with Gasteiger partial charge in [-0.3, -0.25) is 14.8 Å². The Labute approximate surface area is 104 Å². The van der Waals surface area contributed by atoms with E-state index in [-0.39, 0.29) is 10.6 Å². The van der Waals surface area contributed by atoms with Gasteiger partial charge in [0, 0.05) is 6.54 Å². The molecule has 2 heterocycles. The lowest BCUT2D eigenvalue weighted by atomic mass is 10.1. The fraction of sp³-hybridized carbons (Fsp3) is 0.154. The lowest BCUT2D eigenvalue weighted by Gasteiger charge is -1.97. The number of hydrogen-bond acceptors (Lipinski definition) is 3. The van der Waals surface area contributed by atoms with Crippen LogP contribution in [0.3, 0.4) is 0 Å². The summed E-state index contributed by atoms with van der Waals surface area (Å²) in [6.07, 6.45) is 4.11. The van der Waals surface area contributed by atoms with E-state index in [1.807, 2.05) is 36.4 Å². The lowest BCUT2D eigenvalue weighted by molar-refractivity contribution is -0.385. The first-order valence-electron chi connectivity index (χ1n) is 5.72. The molecule has 1 aliphatic rings. The van der Waals surface area contributed by atoms with E-state index in [1.54, 1.807) is 4.68 Å². The molecule has 0 N–H and O–H groups in total. The number of allylic oxidation sites excluding steroid dienone is 1. The quantitative estimate of drug-likeness (QED) is 0.600. The normalized spacial score (nSPS) is 15.9. The summed E-state index contributed by atoms with van der Waals surface area (Å²) >= 11 is 0. The first-order chi connectivity index (χ1) is 8.75. The second-order valence-electron chi connectivity index (χ2n) is 4.19. The molecule has 1 aliphatic heterocycles. The fourth-order valence-corrected chi connectivity index (χ4v) is 2.24. The van der Waals surface area contributed by atoms with E-state index in [4.69, 9.17) is 0 Å². The summed E-state index contributed by atoms with van der Waals surface area (Å²) in [6.45, 7) is 0.710. The summed E-state index contributed by atoms with van der Waals surface area (Å²) < 4.78 is 1.70. The van der Waals surface area contributed by atoms with Gasteiger partial charge in [-0.1, -0.05) is 30.3 Å². The Morgan fingerprint density at radius 2 is 2.11 bits per heavy atom. The summed E-state index contributed by atoms with van der Waals surface area (Å²) in [5, 5.41) is 15.0. The van der Waals surface area contributed by atoms with Crippen molar-refractivity contribution in [2.45, 2.75) is 13.0 Å². The minimum Gasteiger partial charge on any atom is -0.258 e. The maximum Gasteiger partial charge on any atom is 0.314 e. The van der Waals surface area contributed by atoms with E-state index in [1.165, 1.54) is 6.20 Å². The molecule has 0 atom stereocenters. The molecule has 0 spiro atoms. The van der Waals surface area contributed by atoms with Crippen LogP contribution in [-0.4, -0.2) is 14.7 Å². The minimum atomic E-state index is -0.372. The highest BCUT2D eigenvalue weighted by Crippen LogP contribution is 2.34. The third-order valence-corrected chi connectivity index (χ3v) is 3.05. The minimum absolute atomic E-state index is 0.0923. The van der Waals surface area contributed by atoms with Crippen molar-refractivity contribution in [3.63, 3.8) is 0 Å². The van der Waals surface area contributed by atoms with Crippen LogP contribution in [0.25, 0.3) is 11.6 Å². The summed E-state index contributed by atoms with van der Waals surface area (Å²) in [6, 6.07) is 9.82. The summed E-state index contributed by atoms with van der Waals surface area (Å²) in [5.74, 6) is 0. The molecule has 0 fully saturated rings. The Kier molecular flexibility index (Phi) is 2.44. The molecule has 18 heavy (non-hydrogen) atoms. The number of hydrogen-bond donors (Lipinski definition) is 0. The van der Waals surface area contributed by atoms with Crippen molar-refractivity contribution in [1.29, 1.82) is 0 Å². The molecule has 1 aromatic carbocycles. The highest BCUT2D eigenvalue weighted by Gasteiger charge is 2.28. The number of fused-ring (bicyclic) bond motifs is 1. The van der Waals surface area contributed by atoms with Crippen LogP contribution < -0.4 is 0 Å². The van der Waals surface area contributed by atoms with E-state index < -0.39 is 0 Å². The molecule has 5 nitrogen and oxygen atoms in total. The van der Waals surface area contributed by atoms with Gasteiger partial charge in [-0.05, 0) is 23.6 Å². The molecule has 0 saturated heterocycles. The fourth-order valence-electron chi connectivity index (χ4n) is 2.24. The van der Waals surface area contributed by atoms with Gasteiger partial charge in [-0.25, -0.2) is 0 Å². The highest BCUT2D eigenvalue weighted by molar-refractivity contribution is 5.84. The van der Waals surface area contributed by atoms with Gasteiger partial charge in [0.05, 0.1) is 4.92 Å². The highest BCUT2D eigenvalue weighted by atomic mass is 16.6. The lowest BCUT2D eigenvalue weighted by Crippen LogP contribution is -1.94. The van der Waals surface area contributed by atoms with Crippen molar-refractivity contribution in [2.24, 2.45) is 0 Å². The van der Waals surface area contributed by atoms with E-state index in [2.05, 4.69) is 5.10 Å². The second kappa shape index (κ2) is 4.10. The van der Waals surface area contributed by atoms with Crippen LogP contribution in [-0.2, 0) is 6.54 Å². The third kappa shape index (κ3) is 1.69. The topological polar surface area (TPSA) is 61.0 Å². The second-order valence-corrected chi connectivity index (χ2v) is 4.19. The van der Waals surface area contributed by atoms with E-state index in [9.17, 15) is 10.1 Å². The van der Waals surface area contributed by atoms with Crippen molar-refractivity contribution in [1.82, 2.24) is 9.78 Å². The average molecular weight is 241 g/mol.